The summed E-state index contributed by atoms with van der Waals surface area (Å²) >= 11 is 3.55. The van der Waals surface area contributed by atoms with Crippen LogP contribution in [0, 0.1) is 0 Å². The van der Waals surface area contributed by atoms with E-state index in [0.29, 0.717) is 13.2 Å². The minimum Gasteiger partial charge on any atom is -0.497 e. The Morgan fingerprint density at radius 2 is 2.00 bits per heavy atom. The minimum atomic E-state index is 0.580. The van der Waals surface area contributed by atoms with Crippen LogP contribution in [0.2, 0.25) is 0 Å². The summed E-state index contributed by atoms with van der Waals surface area (Å²) in [4.78, 5) is 4.87. The molecule has 1 aromatic heterocycles. The van der Waals surface area contributed by atoms with Gasteiger partial charge in [-0.25, -0.2) is 4.98 Å². The fourth-order valence-corrected chi connectivity index (χ4v) is 3.81. The monoisotopic (exact) mass is 428 g/mol. The van der Waals surface area contributed by atoms with E-state index < -0.39 is 0 Å². The summed E-state index contributed by atoms with van der Waals surface area (Å²) in [6, 6.07) is 12.1. The number of nitrogens with zero attached hydrogens (tertiary/aromatic N) is 1. The van der Waals surface area contributed by atoms with E-state index in [4.69, 9.17) is 19.2 Å². The highest BCUT2D eigenvalue weighted by Gasteiger charge is 2.19. The van der Waals surface area contributed by atoms with Crippen molar-refractivity contribution >= 4 is 32.7 Å². The van der Waals surface area contributed by atoms with Gasteiger partial charge in [0.15, 0.2) is 0 Å². The molecule has 1 N–H and O–H groups in total. The van der Waals surface area contributed by atoms with Crippen molar-refractivity contribution in [2.45, 2.75) is 19.6 Å². The van der Waals surface area contributed by atoms with Crippen molar-refractivity contribution < 1.29 is 14.2 Å². The molecule has 0 saturated heterocycles. The Bertz CT molecular complexity index is 991. The average molecular weight is 429 g/mol. The van der Waals surface area contributed by atoms with E-state index in [1.165, 1.54) is 10.9 Å². The van der Waals surface area contributed by atoms with Crippen LogP contribution in [0.4, 0.5) is 5.82 Å². The van der Waals surface area contributed by atoms with Gasteiger partial charge >= 0.3 is 0 Å². The molecule has 0 saturated carbocycles. The van der Waals surface area contributed by atoms with Gasteiger partial charge in [0.25, 0.3) is 0 Å². The molecule has 0 amide bonds. The zero-order chi connectivity index (χ0) is 18.8. The largest absolute Gasteiger partial charge is 0.497 e. The van der Waals surface area contributed by atoms with Crippen LogP contribution in [0.3, 0.4) is 0 Å². The van der Waals surface area contributed by atoms with Crippen LogP contribution < -0.4 is 14.8 Å². The minimum absolute atomic E-state index is 0.580. The molecule has 0 spiro atoms. The van der Waals surface area contributed by atoms with Gasteiger partial charge in [-0.05, 0) is 36.2 Å². The number of fused-ring (bicyclic) bond motifs is 3. The number of anilines is 1. The van der Waals surface area contributed by atoms with E-state index in [0.717, 1.165) is 51.5 Å². The third kappa shape index (κ3) is 3.59. The van der Waals surface area contributed by atoms with Gasteiger partial charge < -0.3 is 19.5 Å². The quantitative estimate of drug-likeness (QED) is 0.638. The van der Waals surface area contributed by atoms with Crippen molar-refractivity contribution in [2.75, 3.05) is 26.1 Å². The Balaban J connectivity index is 1.70. The van der Waals surface area contributed by atoms with E-state index in [-0.39, 0.29) is 0 Å². The van der Waals surface area contributed by atoms with Crippen LogP contribution in [-0.2, 0) is 24.3 Å². The fourth-order valence-electron chi connectivity index (χ4n) is 3.46. The van der Waals surface area contributed by atoms with Crippen molar-refractivity contribution in [3.8, 4) is 11.5 Å². The Morgan fingerprint density at radius 1 is 1.11 bits per heavy atom. The van der Waals surface area contributed by atoms with Gasteiger partial charge in [0.1, 0.15) is 17.3 Å². The molecule has 0 fully saturated rings. The predicted molar refractivity (Wildman–Crippen MR) is 110 cm³/mol. The van der Waals surface area contributed by atoms with Gasteiger partial charge in [-0.15, -0.1) is 0 Å². The summed E-state index contributed by atoms with van der Waals surface area (Å²) in [5, 5.41) is 4.68. The van der Waals surface area contributed by atoms with Crippen LogP contribution in [0.1, 0.15) is 16.7 Å². The molecule has 0 atom stereocenters. The topological polar surface area (TPSA) is 52.6 Å². The summed E-state index contributed by atoms with van der Waals surface area (Å²) in [5.41, 5.74) is 4.49. The molecule has 1 aliphatic heterocycles. The van der Waals surface area contributed by atoms with E-state index in [1.807, 2.05) is 18.2 Å². The highest BCUT2D eigenvalue weighted by atomic mass is 79.9. The van der Waals surface area contributed by atoms with Crippen LogP contribution in [0.25, 0.3) is 10.9 Å². The summed E-state index contributed by atoms with van der Waals surface area (Å²) in [6.45, 7) is 1.93. The molecule has 0 aliphatic carbocycles. The Morgan fingerprint density at radius 3 is 2.81 bits per heavy atom. The molecule has 3 aromatic rings. The van der Waals surface area contributed by atoms with Crippen molar-refractivity contribution in [3.05, 3.63) is 57.6 Å². The van der Waals surface area contributed by atoms with E-state index in [2.05, 4.69) is 39.4 Å². The second kappa shape index (κ2) is 7.74. The summed E-state index contributed by atoms with van der Waals surface area (Å²) in [5.74, 6) is 2.43. The molecule has 4 rings (SSSR count). The molecule has 27 heavy (non-hydrogen) atoms. The fraction of sp³-hybridized carbons (Fsp3) is 0.286. The smallest absolute Gasteiger partial charge is 0.132 e. The highest BCUT2D eigenvalue weighted by molar-refractivity contribution is 9.10. The van der Waals surface area contributed by atoms with Gasteiger partial charge in [0, 0.05) is 33.6 Å². The number of nitrogens with one attached hydrogen (secondary N) is 1. The Hall–Kier alpha value is -2.31. The third-order valence-electron chi connectivity index (χ3n) is 4.85. The van der Waals surface area contributed by atoms with Gasteiger partial charge in [-0.1, -0.05) is 22.0 Å². The Labute approximate surface area is 166 Å². The van der Waals surface area contributed by atoms with Gasteiger partial charge in [0.05, 0.1) is 33.0 Å². The lowest BCUT2D eigenvalue weighted by atomic mass is 9.98. The standard InChI is InChI=1S/C21H21BrN2O3/c1-25-15-5-3-13(20(10-15)26-2)11-23-21-18-12-27-8-7-16(18)17-6-4-14(22)9-19(17)24-21/h3-6,9-10H,7-8,11-12H2,1-2H3,(H,23,24). The number of ether oxygens (including phenoxy) is 3. The van der Waals surface area contributed by atoms with Gasteiger partial charge in [0.2, 0.25) is 0 Å². The molecular formula is C21H21BrN2O3. The summed E-state index contributed by atoms with van der Waals surface area (Å²) < 4.78 is 17.5. The van der Waals surface area contributed by atoms with Crippen LogP contribution in [0.5, 0.6) is 11.5 Å². The summed E-state index contributed by atoms with van der Waals surface area (Å²) in [7, 11) is 3.32. The number of hydrogen-bond acceptors (Lipinski definition) is 5. The first-order chi connectivity index (χ1) is 13.2. The molecule has 0 radical (unpaired) electrons. The first kappa shape index (κ1) is 18.1. The van der Waals surface area contributed by atoms with Crippen LogP contribution >= 0.6 is 15.9 Å². The molecule has 140 valence electrons. The number of benzene rings is 2. The predicted octanol–water partition coefficient (Wildman–Crippen LogP) is 4.70. The van der Waals surface area contributed by atoms with Gasteiger partial charge in [-0.2, -0.15) is 0 Å². The maximum absolute atomic E-state index is 5.71. The second-order valence-electron chi connectivity index (χ2n) is 6.41. The number of methoxy groups -OCH3 is 2. The third-order valence-corrected chi connectivity index (χ3v) is 5.34. The molecule has 0 unspecified atom stereocenters. The zero-order valence-electron chi connectivity index (χ0n) is 15.3. The van der Waals surface area contributed by atoms with Crippen molar-refractivity contribution in [2.24, 2.45) is 0 Å². The van der Waals surface area contributed by atoms with E-state index >= 15 is 0 Å². The number of hydrogen-bond donors (Lipinski definition) is 1. The summed E-state index contributed by atoms with van der Waals surface area (Å²) in [6.07, 6.45) is 0.899. The maximum Gasteiger partial charge on any atom is 0.132 e. The lowest BCUT2D eigenvalue weighted by molar-refractivity contribution is 0.111. The molecule has 2 heterocycles. The Kier molecular flexibility index (Phi) is 5.18. The van der Waals surface area contributed by atoms with E-state index in [9.17, 15) is 0 Å². The maximum atomic E-state index is 5.71. The highest BCUT2D eigenvalue weighted by Crippen LogP contribution is 2.33. The molecule has 0 bridgehead atoms. The van der Waals surface area contributed by atoms with E-state index in [1.54, 1.807) is 14.2 Å². The number of halogens is 1. The molecule has 1 aliphatic rings. The van der Waals surface area contributed by atoms with Gasteiger partial charge in [-0.3, -0.25) is 0 Å². The lowest BCUT2D eigenvalue weighted by Gasteiger charge is -2.22. The normalized spacial score (nSPS) is 13.3. The van der Waals surface area contributed by atoms with Crippen LogP contribution in [0.15, 0.2) is 40.9 Å². The lowest BCUT2D eigenvalue weighted by Crippen LogP contribution is -2.15. The average Bonchev–Trinajstić information content (AvgIpc) is 2.71. The molecule has 6 heteroatoms. The second-order valence-corrected chi connectivity index (χ2v) is 7.33. The first-order valence-electron chi connectivity index (χ1n) is 8.83. The van der Waals surface area contributed by atoms with Crippen molar-refractivity contribution in [1.82, 2.24) is 4.98 Å². The number of pyridine rings is 1. The van der Waals surface area contributed by atoms with Crippen molar-refractivity contribution in [3.63, 3.8) is 0 Å². The first-order valence-corrected chi connectivity index (χ1v) is 9.62. The molecule has 2 aromatic carbocycles. The number of rotatable bonds is 5. The van der Waals surface area contributed by atoms with Crippen molar-refractivity contribution in [1.29, 1.82) is 0 Å². The molecule has 5 nitrogen and oxygen atoms in total. The molecular weight excluding hydrogens is 408 g/mol. The SMILES string of the molecule is COc1ccc(CNc2nc3cc(Br)ccc3c3c2COCC3)c(OC)c1. The number of aromatic nitrogens is 1. The zero-order valence-corrected chi connectivity index (χ0v) is 16.9. The van der Waals surface area contributed by atoms with Crippen LogP contribution in [-0.4, -0.2) is 25.8 Å².